The highest BCUT2D eigenvalue weighted by atomic mass is 79.9. The van der Waals surface area contributed by atoms with Gasteiger partial charge in [0.25, 0.3) is 0 Å². The van der Waals surface area contributed by atoms with Crippen molar-refractivity contribution in [2.75, 3.05) is 0 Å². The van der Waals surface area contributed by atoms with E-state index in [0.717, 1.165) is 26.6 Å². The fourth-order valence-corrected chi connectivity index (χ4v) is 3.69. The van der Waals surface area contributed by atoms with Crippen molar-refractivity contribution in [3.63, 3.8) is 0 Å². The number of rotatable bonds is 5. The number of benzene rings is 2. The van der Waals surface area contributed by atoms with Crippen LogP contribution in [0.5, 0.6) is 0 Å². The molecule has 0 fully saturated rings. The molecule has 2 aromatic carbocycles. The van der Waals surface area contributed by atoms with Gasteiger partial charge in [-0.3, -0.25) is 4.79 Å². The molecule has 0 aliphatic carbocycles. The lowest BCUT2D eigenvalue weighted by atomic mass is 10.1. The van der Waals surface area contributed by atoms with Crippen LogP contribution in [0.2, 0.25) is 0 Å². The quantitative estimate of drug-likeness (QED) is 0.438. The Balaban J connectivity index is 1.81. The third-order valence-corrected chi connectivity index (χ3v) is 5.66. The zero-order valence-electron chi connectivity index (χ0n) is 14.2. The minimum atomic E-state index is -0.242. The van der Waals surface area contributed by atoms with Gasteiger partial charge in [0.05, 0.1) is 5.25 Å². The van der Waals surface area contributed by atoms with E-state index in [9.17, 15) is 4.79 Å². The van der Waals surface area contributed by atoms with Crippen LogP contribution in [0, 0.1) is 6.92 Å². The molecular weight excluding hydrogens is 398 g/mol. The largest absolute Gasteiger partial charge is 0.305 e. The predicted molar refractivity (Wildman–Crippen MR) is 105 cm³/mol. The lowest BCUT2D eigenvalue weighted by Crippen LogP contribution is -2.14. The number of aromatic nitrogens is 3. The minimum Gasteiger partial charge on any atom is -0.305 e. The van der Waals surface area contributed by atoms with Crippen molar-refractivity contribution in [1.82, 2.24) is 14.8 Å². The summed E-state index contributed by atoms with van der Waals surface area (Å²) in [7, 11) is 1.93. The predicted octanol–water partition coefficient (Wildman–Crippen LogP) is 4.92. The number of aryl methyl sites for hydroxylation is 1. The molecular formula is C19H18BrN3OS. The van der Waals surface area contributed by atoms with Gasteiger partial charge in [-0.2, -0.15) is 0 Å². The monoisotopic (exact) mass is 415 g/mol. The Bertz CT molecular complexity index is 905. The van der Waals surface area contributed by atoms with Gasteiger partial charge in [-0.15, -0.1) is 10.2 Å². The molecule has 1 heterocycles. The number of hydrogen-bond acceptors (Lipinski definition) is 4. The molecule has 0 aliphatic heterocycles. The molecule has 1 aromatic heterocycles. The Hall–Kier alpha value is -1.92. The SMILES string of the molecule is Cc1ccccc1-c1nnc(S[C@@H](C)C(=O)c2ccc(Br)cc2)n1C. The van der Waals surface area contributed by atoms with E-state index in [2.05, 4.69) is 39.1 Å². The third kappa shape index (κ3) is 3.85. The number of nitrogens with zero attached hydrogens (tertiary/aromatic N) is 3. The van der Waals surface area contributed by atoms with Gasteiger partial charge >= 0.3 is 0 Å². The minimum absolute atomic E-state index is 0.0814. The van der Waals surface area contributed by atoms with E-state index in [4.69, 9.17) is 0 Å². The number of ketones is 1. The Morgan fingerprint density at radius 1 is 1.12 bits per heavy atom. The van der Waals surface area contributed by atoms with Crippen LogP contribution in [0.4, 0.5) is 0 Å². The van der Waals surface area contributed by atoms with E-state index in [1.165, 1.54) is 11.8 Å². The lowest BCUT2D eigenvalue weighted by molar-refractivity contribution is 0.0994. The van der Waals surface area contributed by atoms with Gasteiger partial charge in [0.1, 0.15) is 0 Å². The zero-order valence-corrected chi connectivity index (χ0v) is 16.6. The number of carbonyl (C=O) groups is 1. The second-order valence-corrected chi connectivity index (χ2v) is 8.03. The van der Waals surface area contributed by atoms with Crippen molar-refractivity contribution in [3.05, 3.63) is 64.1 Å². The lowest BCUT2D eigenvalue weighted by Gasteiger charge is -2.10. The maximum Gasteiger partial charge on any atom is 0.191 e. The van der Waals surface area contributed by atoms with E-state index in [-0.39, 0.29) is 11.0 Å². The van der Waals surface area contributed by atoms with E-state index >= 15 is 0 Å². The van der Waals surface area contributed by atoms with E-state index in [1.54, 1.807) is 0 Å². The highest BCUT2D eigenvalue weighted by Gasteiger charge is 2.20. The van der Waals surface area contributed by atoms with Gasteiger partial charge in [-0.1, -0.05) is 64.1 Å². The molecule has 0 radical (unpaired) electrons. The van der Waals surface area contributed by atoms with Gasteiger partial charge in [0.15, 0.2) is 16.8 Å². The molecule has 1 atom stereocenters. The highest BCUT2D eigenvalue weighted by Crippen LogP contribution is 2.28. The van der Waals surface area contributed by atoms with E-state index in [0.29, 0.717) is 5.56 Å². The summed E-state index contributed by atoms with van der Waals surface area (Å²) in [4.78, 5) is 12.6. The number of carbonyl (C=O) groups excluding carboxylic acids is 1. The van der Waals surface area contributed by atoms with Crippen LogP contribution >= 0.6 is 27.7 Å². The Kier molecular flexibility index (Phi) is 5.39. The second kappa shape index (κ2) is 7.54. The fraction of sp³-hybridized carbons (Fsp3) is 0.211. The molecule has 0 amide bonds. The van der Waals surface area contributed by atoms with E-state index in [1.807, 2.05) is 61.0 Å². The molecule has 0 bridgehead atoms. The molecule has 0 spiro atoms. The molecule has 128 valence electrons. The molecule has 0 saturated carbocycles. The van der Waals surface area contributed by atoms with Crippen molar-refractivity contribution in [1.29, 1.82) is 0 Å². The van der Waals surface area contributed by atoms with Crippen LogP contribution in [0.25, 0.3) is 11.4 Å². The molecule has 6 heteroatoms. The zero-order chi connectivity index (χ0) is 18.0. The molecule has 0 aliphatic rings. The molecule has 0 saturated heterocycles. The summed E-state index contributed by atoms with van der Waals surface area (Å²) in [6.45, 7) is 3.95. The number of Topliss-reactive ketones (excluding diaryl/α,β-unsaturated/α-hetero) is 1. The maximum absolute atomic E-state index is 12.6. The topological polar surface area (TPSA) is 47.8 Å². The average Bonchev–Trinajstić information content (AvgIpc) is 2.96. The molecule has 3 aromatic rings. The summed E-state index contributed by atoms with van der Waals surface area (Å²) in [6.07, 6.45) is 0. The van der Waals surface area contributed by atoms with Gasteiger partial charge in [-0.25, -0.2) is 0 Å². The van der Waals surface area contributed by atoms with Crippen LogP contribution in [0.3, 0.4) is 0 Å². The molecule has 0 N–H and O–H groups in total. The third-order valence-electron chi connectivity index (χ3n) is 4.00. The summed E-state index contributed by atoms with van der Waals surface area (Å²) in [6, 6.07) is 15.5. The van der Waals surface area contributed by atoms with Gasteiger partial charge in [-0.05, 0) is 31.5 Å². The van der Waals surface area contributed by atoms with Crippen molar-refractivity contribution in [2.24, 2.45) is 7.05 Å². The summed E-state index contributed by atoms with van der Waals surface area (Å²) in [5.41, 5.74) is 2.90. The molecule has 4 nitrogen and oxygen atoms in total. The van der Waals surface area contributed by atoms with E-state index < -0.39 is 0 Å². The molecule has 0 unspecified atom stereocenters. The van der Waals surface area contributed by atoms with Crippen molar-refractivity contribution in [3.8, 4) is 11.4 Å². The average molecular weight is 416 g/mol. The first kappa shape index (κ1) is 17.9. The summed E-state index contributed by atoms with van der Waals surface area (Å²) >= 11 is 4.81. The first-order valence-electron chi connectivity index (χ1n) is 7.89. The van der Waals surface area contributed by atoms with Gasteiger partial charge < -0.3 is 4.57 Å². The standard InChI is InChI=1S/C19H18BrN3OS/c1-12-6-4-5-7-16(12)18-21-22-19(23(18)3)25-13(2)17(24)14-8-10-15(20)11-9-14/h4-11,13H,1-3H3/t13-/m0/s1. The van der Waals surface area contributed by atoms with Crippen LogP contribution in [0.1, 0.15) is 22.8 Å². The summed E-state index contributed by atoms with van der Waals surface area (Å²) in [5, 5.41) is 9.09. The normalized spacial score (nSPS) is 12.2. The van der Waals surface area contributed by atoms with Crippen molar-refractivity contribution >= 4 is 33.5 Å². The summed E-state index contributed by atoms with van der Waals surface area (Å²) in [5.74, 6) is 0.891. The molecule has 3 rings (SSSR count). The Morgan fingerprint density at radius 2 is 1.80 bits per heavy atom. The van der Waals surface area contributed by atoms with Crippen molar-refractivity contribution in [2.45, 2.75) is 24.3 Å². The second-order valence-electron chi connectivity index (χ2n) is 5.81. The van der Waals surface area contributed by atoms with Gasteiger partial charge in [0.2, 0.25) is 0 Å². The first-order valence-corrected chi connectivity index (χ1v) is 9.56. The van der Waals surface area contributed by atoms with Crippen LogP contribution in [-0.4, -0.2) is 25.8 Å². The Morgan fingerprint density at radius 3 is 2.48 bits per heavy atom. The van der Waals surface area contributed by atoms with Gasteiger partial charge in [0, 0.05) is 22.6 Å². The summed E-state index contributed by atoms with van der Waals surface area (Å²) < 4.78 is 2.90. The number of halogens is 1. The fourth-order valence-electron chi connectivity index (χ4n) is 2.54. The van der Waals surface area contributed by atoms with Crippen LogP contribution in [0.15, 0.2) is 58.2 Å². The first-order chi connectivity index (χ1) is 12.0. The Labute approximate surface area is 159 Å². The number of thioether (sulfide) groups is 1. The maximum atomic E-state index is 12.6. The number of hydrogen-bond donors (Lipinski definition) is 0. The molecule has 25 heavy (non-hydrogen) atoms. The van der Waals surface area contributed by atoms with Crippen molar-refractivity contribution < 1.29 is 4.79 Å². The smallest absolute Gasteiger partial charge is 0.191 e. The van der Waals surface area contributed by atoms with Crippen LogP contribution < -0.4 is 0 Å². The highest BCUT2D eigenvalue weighted by molar-refractivity contribution is 9.10. The van der Waals surface area contributed by atoms with Crippen LogP contribution in [-0.2, 0) is 7.05 Å².